The molecular formula is C23H28N2O5S. The highest BCUT2D eigenvalue weighted by Crippen LogP contribution is 2.44. The van der Waals surface area contributed by atoms with E-state index in [1.807, 2.05) is 0 Å². The minimum Gasteiger partial charge on any atom is -0.497 e. The number of anilines is 1. The number of nitrogens with one attached hydrogen (secondary N) is 1. The van der Waals surface area contributed by atoms with Gasteiger partial charge in [-0.25, -0.2) is 8.42 Å². The summed E-state index contributed by atoms with van der Waals surface area (Å²) in [6, 6.07) is 13.1. The van der Waals surface area contributed by atoms with Crippen molar-refractivity contribution in [3.63, 3.8) is 0 Å². The number of para-hydroxylation sites is 2. The van der Waals surface area contributed by atoms with Gasteiger partial charge < -0.3 is 14.8 Å². The molecule has 0 saturated heterocycles. The van der Waals surface area contributed by atoms with Crippen LogP contribution in [0.25, 0.3) is 0 Å². The third-order valence-corrected chi connectivity index (χ3v) is 8.15. The lowest BCUT2D eigenvalue weighted by Crippen LogP contribution is -2.46. The molecule has 0 spiro atoms. The van der Waals surface area contributed by atoms with Crippen LogP contribution in [0.2, 0.25) is 0 Å². The number of rotatable bonds is 8. The van der Waals surface area contributed by atoms with Crippen molar-refractivity contribution in [3.05, 3.63) is 48.5 Å². The van der Waals surface area contributed by atoms with E-state index >= 15 is 0 Å². The van der Waals surface area contributed by atoms with Crippen molar-refractivity contribution in [2.75, 3.05) is 25.1 Å². The van der Waals surface area contributed by atoms with Crippen LogP contribution in [-0.2, 0) is 14.8 Å². The molecule has 2 fully saturated rings. The molecule has 0 aromatic heterocycles. The zero-order chi connectivity index (χ0) is 22.0. The van der Waals surface area contributed by atoms with Crippen molar-refractivity contribution < 1.29 is 22.7 Å². The van der Waals surface area contributed by atoms with Gasteiger partial charge in [0.1, 0.15) is 18.0 Å². The number of carbonyl (C=O) groups is 1. The first-order valence-corrected chi connectivity index (χ1v) is 12.0. The van der Waals surface area contributed by atoms with Crippen LogP contribution >= 0.6 is 0 Å². The summed E-state index contributed by atoms with van der Waals surface area (Å²) < 4.78 is 38.7. The fraction of sp³-hybridized carbons (Fsp3) is 0.435. The number of fused-ring (bicyclic) bond motifs is 2. The van der Waals surface area contributed by atoms with Gasteiger partial charge >= 0.3 is 0 Å². The van der Waals surface area contributed by atoms with Gasteiger partial charge in [-0.3, -0.25) is 9.10 Å². The van der Waals surface area contributed by atoms with Crippen LogP contribution in [0.3, 0.4) is 0 Å². The Balaban J connectivity index is 1.63. The Morgan fingerprint density at radius 2 is 1.77 bits per heavy atom. The van der Waals surface area contributed by atoms with Crippen LogP contribution in [0.4, 0.5) is 5.69 Å². The lowest BCUT2D eigenvalue weighted by molar-refractivity contribution is -0.120. The molecule has 2 aromatic carbocycles. The van der Waals surface area contributed by atoms with E-state index in [0.29, 0.717) is 29.0 Å². The maximum absolute atomic E-state index is 13.6. The van der Waals surface area contributed by atoms with Gasteiger partial charge in [-0.05, 0) is 67.5 Å². The topological polar surface area (TPSA) is 84.9 Å². The van der Waals surface area contributed by atoms with Crippen LogP contribution in [-0.4, -0.2) is 41.1 Å². The lowest BCUT2D eigenvalue weighted by atomic mass is 9.95. The standard InChI is InChI=1S/C23H28N2O5S/c1-29-18-9-11-19(12-10-18)31(27,28)25(21-5-3-4-6-22(21)30-2)15-23(26)24-20-14-16-7-8-17(20)13-16/h3-6,9-12,16-17,20H,7-8,13-15H2,1-2H3,(H,24,26)/t16-,17+,20+/m1/s1. The number of carbonyl (C=O) groups excluding carboxylic acids is 1. The summed E-state index contributed by atoms with van der Waals surface area (Å²) in [5.74, 6) is 1.82. The van der Waals surface area contributed by atoms with E-state index in [0.717, 1.165) is 23.6 Å². The minimum absolute atomic E-state index is 0.0759. The summed E-state index contributed by atoms with van der Waals surface area (Å²) in [6.07, 6.45) is 4.51. The predicted octanol–water partition coefficient (Wildman–Crippen LogP) is 3.20. The molecule has 2 bridgehead atoms. The first kappa shape index (κ1) is 21.5. The van der Waals surface area contributed by atoms with E-state index in [-0.39, 0.29) is 23.4 Å². The van der Waals surface area contributed by atoms with Crippen molar-refractivity contribution in [1.82, 2.24) is 5.32 Å². The van der Waals surface area contributed by atoms with Gasteiger partial charge in [0.2, 0.25) is 5.91 Å². The molecule has 2 aliphatic carbocycles. The van der Waals surface area contributed by atoms with E-state index in [1.54, 1.807) is 36.4 Å². The Labute approximate surface area is 183 Å². The number of nitrogens with zero attached hydrogens (tertiary/aromatic N) is 1. The second kappa shape index (κ2) is 8.78. The normalized spacial score (nSPS) is 22.2. The highest BCUT2D eigenvalue weighted by atomic mass is 32.2. The Hall–Kier alpha value is -2.74. The first-order valence-electron chi connectivity index (χ1n) is 10.5. The van der Waals surface area contributed by atoms with E-state index in [9.17, 15) is 13.2 Å². The van der Waals surface area contributed by atoms with Gasteiger partial charge in [-0.15, -0.1) is 0 Å². The van der Waals surface area contributed by atoms with Gasteiger partial charge in [-0.1, -0.05) is 18.6 Å². The van der Waals surface area contributed by atoms with Crippen LogP contribution in [0.1, 0.15) is 25.7 Å². The molecule has 0 aliphatic heterocycles. The average molecular weight is 445 g/mol. The van der Waals surface area contributed by atoms with E-state index in [2.05, 4.69) is 5.32 Å². The molecule has 3 atom stereocenters. The average Bonchev–Trinajstić information content (AvgIpc) is 3.40. The summed E-state index contributed by atoms with van der Waals surface area (Å²) in [5, 5.41) is 3.08. The third kappa shape index (κ3) is 4.35. The minimum atomic E-state index is -4.01. The van der Waals surface area contributed by atoms with E-state index in [4.69, 9.17) is 9.47 Å². The molecule has 166 valence electrons. The zero-order valence-electron chi connectivity index (χ0n) is 17.8. The van der Waals surface area contributed by atoms with E-state index < -0.39 is 10.0 Å². The lowest BCUT2D eigenvalue weighted by Gasteiger charge is -2.28. The highest BCUT2D eigenvalue weighted by Gasteiger charge is 2.40. The van der Waals surface area contributed by atoms with Crippen molar-refractivity contribution >= 4 is 21.6 Å². The summed E-state index contributed by atoms with van der Waals surface area (Å²) >= 11 is 0. The summed E-state index contributed by atoms with van der Waals surface area (Å²) in [7, 11) is -1.02. The van der Waals surface area contributed by atoms with Gasteiger partial charge in [-0.2, -0.15) is 0 Å². The van der Waals surface area contributed by atoms with Crippen LogP contribution in [0.5, 0.6) is 11.5 Å². The van der Waals surface area contributed by atoms with E-state index in [1.165, 1.54) is 32.8 Å². The van der Waals surface area contributed by atoms with Crippen LogP contribution < -0.4 is 19.1 Å². The Morgan fingerprint density at radius 1 is 1.03 bits per heavy atom. The summed E-state index contributed by atoms with van der Waals surface area (Å²) in [6.45, 7) is -0.317. The number of ether oxygens (including phenoxy) is 2. The largest absolute Gasteiger partial charge is 0.497 e. The monoisotopic (exact) mass is 444 g/mol. The second-order valence-electron chi connectivity index (χ2n) is 8.21. The van der Waals surface area contributed by atoms with Crippen molar-refractivity contribution in [1.29, 1.82) is 0 Å². The van der Waals surface area contributed by atoms with Crippen molar-refractivity contribution in [3.8, 4) is 11.5 Å². The van der Waals surface area contributed by atoms with Crippen LogP contribution in [0.15, 0.2) is 53.4 Å². The number of sulfonamides is 1. The number of benzene rings is 2. The number of methoxy groups -OCH3 is 2. The number of amides is 1. The molecule has 31 heavy (non-hydrogen) atoms. The maximum Gasteiger partial charge on any atom is 0.264 e. The van der Waals surface area contributed by atoms with Crippen LogP contribution in [0, 0.1) is 11.8 Å². The van der Waals surface area contributed by atoms with Crippen molar-refractivity contribution in [2.24, 2.45) is 11.8 Å². The highest BCUT2D eigenvalue weighted by molar-refractivity contribution is 7.92. The molecule has 0 heterocycles. The molecule has 2 aromatic rings. The zero-order valence-corrected chi connectivity index (χ0v) is 18.6. The Bertz CT molecular complexity index is 1040. The molecule has 1 amide bonds. The van der Waals surface area contributed by atoms with Crippen molar-refractivity contribution in [2.45, 2.75) is 36.6 Å². The number of hydrogen-bond donors (Lipinski definition) is 1. The molecule has 1 N–H and O–H groups in total. The fourth-order valence-corrected chi connectivity index (χ4v) is 6.25. The fourth-order valence-electron chi connectivity index (χ4n) is 4.81. The third-order valence-electron chi connectivity index (χ3n) is 6.37. The molecule has 7 nitrogen and oxygen atoms in total. The predicted molar refractivity (Wildman–Crippen MR) is 118 cm³/mol. The smallest absolute Gasteiger partial charge is 0.264 e. The Morgan fingerprint density at radius 3 is 2.39 bits per heavy atom. The second-order valence-corrected chi connectivity index (χ2v) is 10.1. The molecular weight excluding hydrogens is 416 g/mol. The molecule has 8 heteroatoms. The Kier molecular flexibility index (Phi) is 6.09. The molecule has 0 unspecified atom stereocenters. The van der Waals surface area contributed by atoms with Gasteiger partial charge in [0.25, 0.3) is 10.0 Å². The first-order chi connectivity index (χ1) is 14.9. The van der Waals surface area contributed by atoms with Gasteiger partial charge in [0.15, 0.2) is 0 Å². The SMILES string of the molecule is COc1ccc(S(=O)(=O)N(CC(=O)N[C@H]2C[C@@H]3CC[C@H]2C3)c2ccccc2OC)cc1. The molecule has 4 rings (SSSR count). The molecule has 2 saturated carbocycles. The number of hydrogen-bond acceptors (Lipinski definition) is 5. The summed E-state index contributed by atoms with van der Waals surface area (Å²) in [5.41, 5.74) is 0.323. The maximum atomic E-state index is 13.6. The quantitative estimate of drug-likeness (QED) is 0.676. The summed E-state index contributed by atoms with van der Waals surface area (Å²) in [4.78, 5) is 13.0. The molecule has 2 aliphatic rings. The molecule has 0 radical (unpaired) electrons. The van der Waals surface area contributed by atoms with Gasteiger partial charge in [0, 0.05) is 6.04 Å². The van der Waals surface area contributed by atoms with Gasteiger partial charge in [0.05, 0.1) is 24.8 Å².